The molecule has 2 aromatic carbocycles. The van der Waals surface area contributed by atoms with E-state index in [2.05, 4.69) is 10.3 Å². The third-order valence-electron chi connectivity index (χ3n) is 3.39. The van der Waals surface area contributed by atoms with Gasteiger partial charge in [-0.15, -0.1) is 0 Å². The number of amides is 1. The number of carbonyl (C=O) groups excluding carboxylic acids is 1. The van der Waals surface area contributed by atoms with Crippen LogP contribution >= 0.6 is 23.2 Å². The quantitative estimate of drug-likeness (QED) is 0.718. The molecule has 0 saturated heterocycles. The minimum atomic E-state index is -0.499. The number of aromatic amines is 1. The van der Waals surface area contributed by atoms with Crippen molar-refractivity contribution in [1.29, 1.82) is 0 Å². The van der Waals surface area contributed by atoms with E-state index in [-0.39, 0.29) is 5.56 Å². The molecule has 1 heterocycles. The van der Waals surface area contributed by atoms with Gasteiger partial charge in [0.1, 0.15) is 5.56 Å². The first-order chi connectivity index (χ1) is 11.5. The van der Waals surface area contributed by atoms with E-state index in [9.17, 15) is 9.59 Å². The maximum atomic E-state index is 12.2. The molecule has 1 aromatic heterocycles. The van der Waals surface area contributed by atoms with Gasteiger partial charge in [0.2, 0.25) is 0 Å². The zero-order valence-corrected chi connectivity index (χ0v) is 13.9. The lowest BCUT2D eigenvalue weighted by Gasteiger charge is -2.06. The van der Waals surface area contributed by atoms with Gasteiger partial charge >= 0.3 is 0 Å². The first-order valence-corrected chi connectivity index (χ1v) is 7.85. The normalized spacial score (nSPS) is 10.4. The summed E-state index contributed by atoms with van der Waals surface area (Å²) in [5.41, 5.74) is 1.48. The summed E-state index contributed by atoms with van der Waals surface area (Å²) in [6, 6.07) is 16.9. The predicted molar refractivity (Wildman–Crippen MR) is 96.9 cm³/mol. The van der Waals surface area contributed by atoms with Crippen LogP contribution in [0.5, 0.6) is 0 Å². The van der Waals surface area contributed by atoms with Crippen molar-refractivity contribution in [2.75, 3.05) is 5.32 Å². The highest BCUT2D eigenvalue weighted by molar-refractivity contribution is 6.31. The van der Waals surface area contributed by atoms with Crippen molar-refractivity contribution >= 4 is 34.8 Å². The summed E-state index contributed by atoms with van der Waals surface area (Å²) < 4.78 is 0. The molecule has 0 atom stereocenters. The third kappa shape index (κ3) is 3.67. The van der Waals surface area contributed by atoms with Crippen molar-refractivity contribution in [3.8, 4) is 11.3 Å². The molecule has 120 valence electrons. The molecular formula is C18H12Cl2N2O2. The summed E-state index contributed by atoms with van der Waals surface area (Å²) >= 11 is 11.7. The molecular weight excluding hydrogens is 347 g/mol. The fraction of sp³-hybridized carbons (Fsp3) is 0. The monoisotopic (exact) mass is 358 g/mol. The maximum Gasteiger partial charge on any atom is 0.261 e. The van der Waals surface area contributed by atoms with Gasteiger partial charge in [0.15, 0.2) is 0 Å². The topological polar surface area (TPSA) is 62.0 Å². The second-order valence-corrected chi connectivity index (χ2v) is 5.96. The number of anilines is 1. The minimum Gasteiger partial charge on any atom is -0.322 e. The van der Waals surface area contributed by atoms with Crippen LogP contribution in [0.4, 0.5) is 5.69 Å². The fourth-order valence-corrected chi connectivity index (χ4v) is 2.53. The number of rotatable bonds is 3. The molecule has 0 bridgehead atoms. The highest BCUT2D eigenvalue weighted by Gasteiger charge is 2.12. The predicted octanol–water partition coefficient (Wildman–Crippen LogP) is 4.60. The maximum absolute atomic E-state index is 12.2. The van der Waals surface area contributed by atoms with Crippen LogP contribution in [0.1, 0.15) is 10.4 Å². The molecule has 0 aliphatic heterocycles. The number of H-pyrrole nitrogens is 1. The fourth-order valence-electron chi connectivity index (χ4n) is 2.21. The van der Waals surface area contributed by atoms with Crippen molar-refractivity contribution in [2.24, 2.45) is 0 Å². The molecule has 4 nitrogen and oxygen atoms in total. The number of nitrogens with one attached hydrogen (secondary N) is 2. The number of hydrogen-bond donors (Lipinski definition) is 2. The minimum absolute atomic E-state index is 0.0210. The molecule has 0 saturated carbocycles. The number of carbonyl (C=O) groups is 1. The first kappa shape index (κ1) is 16.3. The van der Waals surface area contributed by atoms with Gasteiger partial charge in [-0.2, -0.15) is 0 Å². The van der Waals surface area contributed by atoms with E-state index in [4.69, 9.17) is 23.2 Å². The molecule has 0 spiro atoms. The van der Waals surface area contributed by atoms with Crippen LogP contribution in [0, 0.1) is 0 Å². The Morgan fingerprint density at radius 1 is 0.917 bits per heavy atom. The molecule has 6 heteroatoms. The van der Waals surface area contributed by atoms with Crippen LogP contribution in [0.2, 0.25) is 10.0 Å². The van der Waals surface area contributed by atoms with Gasteiger partial charge in [0.05, 0.1) is 0 Å². The summed E-state index contributed by atoms with van der Waals surface area (Å²) in [5.74, 6) is -0.499. The molecule has 24 heavy (non-hydrogen) atoms. The van der Waals surface area contributed by atoms with Crippen LogP contribution in [0.25, 0.3) is 11.3 Å². The lowest BCUT2D eigenvalue weighted by atomic mass is 10.1. The SMILES string of the molecule is O=C(Nc1cccc(Cl)c1)c1ccc(-c2ccc(Cl)cc2)[nH]c1=O. The Morgan fingerprint density at radius 3 is 2.33 bits per heavy atom. The van der Waals surface area contributed by atoms with E-state index in [0.717, 1.165) is 5.56 Å². The van der Waals surface area contributed by atoms with E-state index < -0.39 is 11.5 Å². The van der Waals surface area contributed by atoms with Gasteiger partial charge in [0.25, 0.3) is 11.5 Å². The van der Waals surface area contributed by atoms with Crippen LogP contribution < -0.4 is 10.9 Å². The number of pyridine rings is 1. The number of hydrogen-bond acceptors (Lipinski definition) is 2. The van der Waals surface area contributed by atoms with Crippen molar-refractivity contribution in [3.05, 3.63) is 86.6 Å². The van der Waals surface area contributed by atoms with Crippen molar-refractivity contribution in [2.45, 2.75) is 0 Å². The van der Waals surface area contributed by atoms with E-state index in [0.29, 0.717) is 21.4 Å². The highest BCUT2D eigenvalue weighted by Crippen LogP contribution is 2.19. The Morgan fingerprint density at radius 2 is 1.67 bits per heavy atom. The highest BCUT2D eigenvalue weighted by atomic mass is 35.5. The Balaban J connectivity index is 1.85. The zero-order chi connectivity index (χ0) is 17.1. The van der Waals surface area contributed by atoms with Crippen LogP contribution in [0.15, 0.2) is 65.5 Å². The molecule has 3 rings (SSSR count). The Kier molecular flexibility index (Phi) is 4.69. The summed E-state index contributed by atoms with van der Waals surface area (Å²) in [6.07, 6.45) is 0. The lowest BCUT2D eigenvalue weighted by Crippen LogP contribution is -2.23. The van der Waals surface area contributed by atoms with E-state index in [1.54, 1.807) is 54.6 Å². The van der Waals surface area contributed by atoms with Gasteiger partial charge in [-0.25, -0.2) is 0 Å². The number of aromatic nitrogens is 1. The van der Waals surface area contributed by atoms with Gasteiger partial charge < -0.3 is 10.3 Å². The molecule has 0 radical (unpaired) electrons. The number of benzene rings is 2. The number of halogens is 2. The molecule has 0 aliphatic rings. The smallest absolute Gasteiger partial charge is 0.261 e. The summed E-state index contributed by atoms with van der Waals surface area (Å²) in [5, 5.41) is 3.76. The second kappa shape index (κ2) is 6.91. The molecule has 0 aliphatic carbocycles. The summed E-state index contributed by atoms with van der Waals surface area (Å²) in [7, 11) is 0. The Labute approximate surface area is 148 Å². The van der Waals surface area contributed by atoms with Crippen molar-refractivity contribution < 1.29 is 4.79 Å². The Bertz CT molecular complexity index is 950. The van der Waals surface area contributed by atoms with Crippen LogP contribution in [-0.2, 0) is 0 Å². The van der Waals surface area contributed by atoms with Crippen LogP contribution in [-0.4, -0.2) is 10.9 Å². The molecule has 0 unspecified atom stereocenters. The third-order valence-corrected chi connectivity index (χ3v) is 3.88. The standard InChI is InChI=1S/C18H12Cl2N2O2/c19-12-6-4-11(5-7-12)16-9-8-15(18(24)22-16)17(23)21-14-3-1-2-13(20)10-14/h1-10H,(H,21,23)(H,22,24). The lowest BCUT2D eigenvalue weighted by molar-refractivity contribution is 0.102. The molecule has 3 aromatic rings. The second-order valence-electron chi connectivity index (χ2n) is 5.09. The van der Waals surface area contributed by atoms with Crippen LogP contribution in [0.3, 0.4) is 0 Å². The van der Waals surface area contributed by atoms with Gasteiger partial charge in [-0.05, 0) is 48.0 Å². The van der Waals surface area contributed by atoms with E-state index in [1.807, 2.05) is 0 Å². The largest absolute Gasteiger partial charge is 0.322 e. The molecule has 2 N–H and O–H groups in total. The molecule has 1 amide bonds. The molecule has 0 fully saturated rings. The van der Waals surface area contributed by atoms with E-state index >= 15 is 0 Å². The van der Waals surface area contributed by atoms with Gasteiger partial charge in [0, 0.05) is 21.4 Å². The Hall–Kier alpha value is -2.56. The average Bonchev–Trinajstić information content (AvgIpc) is 2.55. The van der Waals surface area contributed by atoms with Gasteiger partial charge in [-0.1, -0.05) is 41.4 Å². The van der Waals surface area contributed by atoms with E-state index in [1.165, 1.54) is 6.07 Å². The summed E-state index contributed by atoms with van der Waals surface area (Å²) in [6.45, 7) is 0. The zero-order valence-electron chi connectivity index (χ0n) is 12.3. The van der Waals surface area contributed by atoms with Crippen molar-refractivity contribution in [3.63, 3.8) is 0 Å². The van der Waals surface area contributed by atoms with Gasteiger partial charge in [-0.3, -0.25) is 9.59 Å². The summed E-state index contributed by atoms with van der Waals surface area (Å²) in [4.78, 5) is 27.2. The first-order valence-electron chi connectivity index (χ1n) is 7.09. The van der Waals surface area contributed by atoms with Crippen molar-refractivity contribution in [1.82, 2.24) is 4.98 Å². The average molecular weight is 359 g/mol.